The summed E-state index contributed by atoms with van der Waals surface area (Å²) in [5.41, 5.74) is 0. The lowest BCUT2D eigenvalue weighted by atomic mass is 10.6. The molecule has 5 nitrogen and oxygen atoms in total. The normalized spacial score (nSPS) is 11.7. The molecule has 8 heteroatoms. The van der Waals surface area contributed by atoms with E-state index in [1.54, 1.807) is 0 Å². The SMILES string of the molecule is Cn1nnnc1NCC(F)(F)F. The summed E-state index contributed by atoms with van der Waals surface area (Å²) in [6.07, 6.45) is -4.26. The van der Waals surface area contributed by atoms with E-state index in [4.69, 9.17) is 0 Å². The summed E-state index contributed by atoms with van der Waals surface area (Å²) >= 11 is 0. The lowest BCUT2D eigenvalue weighted by molar-refractivity contribution is -0.115. The Morgan fingerprint density at radius 3 is 2.58 bits per heavy atom. The summed E-state index contributed by atoms with van der Waals surface area (Å²) in [7, 11) is 1.44. The Labute approximate surface area is 65.6 Å². The van der Waals surface area contributed by atoms with Gasteiger partial charge in [-0.3, -0.25) is 0 Å². The third kappa shape index (κ3) is 2.36. The van der Waals surface area contributed by atoms with Gasteiger partial charge in [0.05, 0.1) is 0 Å². The van der Waals surface area contributed by atoms with Crippen molar-refractivity contribution in [3.63, 3.8) is 0 Å². The van der Waals surface area contributed by atoms with Gasteiger partial charge in [-0.25, -0.2) is 4.68 Å². The molecule has 0 spiro atoms. The van der Waals surface area contributed by atoms with E-state index in [0.29, 0.717) is 0 Å². The van der Waals surface area contributed by atoms with E-state index in [2.05, 4.69) is 15.5 Å². The zero-order valence-corrected chi connectivity index (χ0v) is 6.13. The Kier molecular flexibility index (Phi) is 2.15. The Balaban J connectivity index is 2.49. The van der Waals surface area contributed by atoms with Crippen LogP contribution in [0.1, 0.15) is 0 Å². The van der Waals surface area contributed by atoms with Crippen molar-refractivity contribution in [3.05, 3.63) is 0 Å². The number of nitrogens with one attached hydrogen (secondary N) is 1. The van der Waals surface area contributed by atoms with Gasteiger partial charge in [0, 0.05) is 7.05 Å². The van der Waals surface area contributed by atoms with Gasteiger partial charge in [0.1, 0.15) is 6.54 Å². The predicted molar refractivity (Wildman–Crippen MR) is 33.3 cm³/mol. The molecule has 0 unspecified atom stereocenters. The Morgan fingerprint density at radius 1 is 1.50 bits per heavy atom. The minimum absolute atomic E-state index is 0.00711. The molecule has 0 aliphatic heterocycles. The molecule has 0 saturated heterocycles. The molecule has 12 heavy (non-hydrogen) atoms. The summed E-state index contributed by atoms with van der Waals surface area (Å²) in [4.78, 5) is 0. The van der Waals surface area contributed by atoms with Crippen molar-refractivity contribution in [1.82, 2.24) is 20.2 Å². The van der Waals surface area contributed by atoms with Gasteiger partial charge in [0.2, 0.25) is 5.95 Å². The molecule has 0 aliphatic rings. The van der Waals surface area contributed by atoms with Gasteiger partial charge in [0.15, 0.2) is 0 Å². The molecule has 0 saturated carbocycles. The Morgan fingerprint density at radius 2 is 2.17 bits per heavy atom. The van der Waals surface area contributed by atoms with Crippen LogP contribution in [0.5, 0.6) is 0 Å². The lowest BCUT2D eigenvalue weighted by Gasteiger charge is -2.06. The second kappa shape index (κ2) is 2.95. The van der Waals surface area contributed by atoms with E-state index in [-0.39, 0.29) is 5.95 Å². The van der Waals surface area contributed by atoms with Gasteiger partial charge in [-0.15, -0.1) is 0 Å². The smallest absolute Gasteiger partial charge is 0.344 e. The summed E-state index contributed by atoms with van der Waals surface area (Å²) in [5.74, 6) is -0.00711. The number of alkyl halides is 3. The number of nitrogens with zero attached hydrogens (tertiary/aromatic N) is 4. The van der Waals surface area contributed by atoms with Crippen molar-refractivity contribution in [2.75, 3.05) is 11.9 Å². The van der Waals surface area contributed by atoms with Crippen LogP contribution >= 0.6 is 0 Å². The van der Waals surface area contributed by atoms with Crippen LogP contribution in [-0.2, 0) is 7.05 Å². The fraction of sp³-hybridized carbons (Fsp3) is 0.750. The Hall–Kier alpha value is -1.34. The maximum absolute atomic E-state index is 11.6. The number of aryl methyl sites for hydroxylation is 1. The summed E-state index contributed by atoms with van der Waals surface area (Å²) in [6.45, 7) is -1.14. The van der Waals surface area contributed by atoms with Crippen molar-refractivity contribution in [3.8, 4) is 0 Å². The van der Waals surface area contributed by atoms with E-state index < -0.39 is 12.7 Å². The second-order valence-electron chi connectivity index (χ2n) is 2.09. The zero-order chi connectivity index (χ0) is 9.19. The fourth-order valence-corrected chi connectivity index (χ4v) is 0.558. The molecule has 1 aromatic heterocycles. The average Bonchev–Trinajstić information content (AvgIpc) is 2.29. The van der Waals surface area contributed by atoms with E-state index in [0.717, 1.165) is 4.68 Å². The highest BCUT2D eigenvalue weighted by Gasteiger charge is 2.27. The minimum atomic E-state index is -4.26. The molecule has 0 fully saturated rings. The fourth-order valence-electron chi connectivity index (χ4n) is 0.558. The van der Waals surface area contributed by atoms with Gasteiger partial charge >= 0.3 is 6.18 Å². The van der Waals surface area contributed by atoms with E-state index >= 15 is 0 Å². The molecule has 0 atom stereocenters. The molecule has 0 aromatic carbocycles. The lowest BCUT2D eigenvalue weighted by Crippen LogP contribution is -2.22. The van der Waals surface area contributed by atoms with E-state index in [1.165, 1.54) is 7.05 Å². The quantitative estimate of drug-likeness (QED) is 0.707. The second-order valence-corrected chi connectivity index (χ2v) is 2.09. The molecule has 1 rings (SSSR count). The van der Waals surface area contributed by atoms with Gasteiger partial charge in [0.25, 0.3) is 0 Å². The summed E-state index contributed by atoms with van der Waals surface area (Å²) in [6, 6.07) is 0. The van der Waals surface area contributed by atoms with E-state index in [1.807, 2.05) is 5.32 Å². The minimum Gasteiger partial charge on any atom is -0.344 e. The van der Waals surface area contributed by atoms with Crippen LogP contribution in [-0.4, -0.2) is 32.9 Å². The zero-order valence-electron chi connectivity index (χ0n) is 6.13. The molecular weight excluding hydrogens is 175 g/mol. The first-order valence-corrected chi connectivity index (χ1v) is 3.02. The summed E-state index contributed by atoms with van der Waals surface area (Å²) < 4.78 is 36.0. The largest absolute Gasteiger partial charge is 0.405 e. The number of aromatic nitrogens is 4. The van der Waals surface area contributed by atoms with Gasteiger partial charge in [-0.1, -0.05) is 5.10 Å². The number of hydrogen-bond acceptors (Lipinski definition) is 4. The third-order valence-electron chi connectivity index (χ3n) is 1.07. The standard InChI is InChI=1S/C4H6F3N5/c1-12-3(9-10-11-12)8-2-4(5,6)7/h2H2,1H3,(H,8,9,11). The highest BCUT2D eigenvalue weighted by molar-refractivity contribution is 5.20. The van der Waals surface area contributed by atoms with Gasteiger partial charge in [-0.05, 0) is 10.4 Å². The van der Waals surface area contributed by atoms with Crippen molar-refractivity contribution in [2.24, 2.45) is 7.05 Å². The highest BCUT2D eigenvalue weighted by atomic mass is 19.4. The number of rotatable bonds is 2. The van der Waals surface area contributed by atoms with Crippen molar-refractivity contribution in [1.29, 1.82) is 0 Å². The number of anilines is 1. The van der Waals surface area contributed by atoms with Crippen LogP contribution in [0, 0.1) is 0 Å². The van der Waals surface area contributed by atoms with Crippen molar-refractivity contribution >= 4 is 5.95 Å². The monoisotopic (exact) mass is 181 g/mol. The maximum atomic E-state index is 11.6. The van der Waals surface area contributed by atoms with E-state index in [9.17, 15) is 13.2 Å². The van der Waals surface area contributed by atoms with Crippen LogP contribution in [0.25, 0.3) is 0 Å². The van der Waals surface area contributed by atoms with Crippen LogP contribution in [0.3, 0.4) is 0 Å². The molecule has 0 bridgehead atoms. The van der Waals surface area contributed by atoms with Gasteiger partial charge < -0.3 is 5.32 Å². The predicted octanol–water partition coefficient (Wildman–Crippen LogP) is 0.184. The first-order chi connectivity index (χ1) is 5.49. The molecule has 68 valence electrons. The van der Waals surface area contributed by atoms with Crippen LogP contribution < -0.4 is 5.32 Å². The van der Waals surface area contributed by atoms with Crippen molar-refractivity contribution < 1.29 is 13.2 Å². The third-order valence-corrected chi connectivity index (χ3v) is 1.07. The topological polar surface area (TPSA) is 55.6 Å². The van der Waals surface area contributed by atoms with Crippen LogP contribution in [0.4, 0.5) is 19.1 Å². The molecular formula is C4H6F3N5. The number of tetrazole rings is 1. The number of halogens is 3. The molecule has 0 amide bonds. The number of hydrogen-bond donors (Lipinski definition) is 1. The molecule has 0 radical (unpaired) electrons. The first kappa shape index (κ1) is 8.75. The van der Waals surface area contributed by atoms with Crippen molar-refractivity contribution in [2.45, 2.75) is 6.18 Å². The van der Waals surface area contributed by atoms with Crippen LogP contribution in [0.2, 0.25) is 0 Å². The molecule has 1 N–H and O–H groups in total. The van der Waals surface area contributed by atoms with Gasteiger partial charge in [-0.2, -0.15) is 13.2 Å². The average molecular weight is 181 g/mol. The maximum Gasteiger partial charge on any atom is 0.405 e. The molecule has 1 aromatic rings. The molecule has 1 heterocycles. The summed E-state index contributed by atoms with van der Waals surface area (Å²) in [5, 5.41) is 11.8. The Bertz CT molecular complexity index is 253. The highest BCUT2D eigenvalue weighted by Crippen LogP contribution is 2.14. The van der Waals surface area contributed by atoms with Crippen LogP contribution in [0.15, 0.2) is 0 Å². The first-order valence-electron chi connectivity index (χ1n) is 3.02. The molecule has 0 aliphatic carbocycles.